The van der Waals surface area contributed by atoms with Gasteiger partial charge in [0.25, 0.3) is 0 Å². The fourth-order valence-corrected chi connectivity index (χ4v) is 2.16. The molecule has 0 radical (unpaired) electrons. The Morgan fingerprint density at radius 3 is 2.70 bits per heavy atom. The van der Waals surface area contributed by atoms with Crippen molar-refractivity contribution in [2.75, 3.05) is 6.61 Å². The highest BCUT2D eigenvalue weighted by Crippen LogP contribution is 2.15. The van der Waals surface area contributed by atoms with Crippen LogP contribution < -0.4 is 4.74 Å². The van der Waals surface area contributed by atoms with Crippen molar-refractivity contribution in [3.63, 3.8) is 0 Å². The summed E-state index contributed by atoms with van der Waals surface area (Å²) in [7, 11) is 0. The van der Waals surface area contributed by atoms with E-state index >= 15 is 0 Å². The summed E-state index contributed by atoms with van der Waals surface area (Å²) in [5.74, 6) is -0.274. The topological polar surface area (TPSA) is 101 Å². The van der Waals surface area contributed by atoms with Crippen molar-refractivity contribution in [2.45, 2.75) is 6.54 Å². The maximum Gasteiger partial charge on any atom is 0.321 e. The van der Waals surface area contributed by atoms with E-state index in [0.717, 1.165) is 11.1 Å². The van der Waals surface area contributed by atoms with Crippen LogP contribution in [-0.4, -0.2) is 42.7 Å². The minimum absolute atomic E-state index is 0.0579. The van der Waals surface area contributed by atoms with E-state index in [1.165, 1.54) is 6.07 Å². The smallest absolute Gasteiger partial charge is 0.321 e. The third-order valence-electron chi connectivity index (χ3n) is 3.26. The van der Waals surface area contributed by atoms with Gasteiger partial charge in [0, 0.05) is 24.0 Å². The minimum atomic E-state index is -0.993. The number of fused-ring (bicyclic) bond motifs is 1. The number of aromatic nitrogens is 3. The van der Waals surface area contributed by atoms with Gasteiger partial charge in [-0.2, -0.15) is 0 Å². The summed E-state index contributed by atoms with van der Waals surface area (Å²) in [5, 5.41) is 18.0. The highest BCUT2D eigenvalue weighted by molar-refractivity contribution is 5.93. The van der Waals surface area contributed by atoms with Crippen molar-refractivity contribution >= 4 is 16.9 Å². The van der Waals surface area contributed by atoms with E-state index in [4.69, 9.17) is 15.2 Å². The molecule has 3 rings (SSSR count). The van der Waals surface area contributed by atoms with Gasteiger partial charge in [0.1, 0.15) is 23.7 Å². The highest BCUT2D eigenvalue weighted by Gasteiger charge is 2.14. The molecule has 0 aliphatic rings. The molecule has 0 spiro atoms. The van der Waals surface area contributed by atoms with Crippen LogP contribution in [0, 0.1) is 0 Å². The van der Waals surface area contributed by atoms with Gasteiger partial charge in [0.15, 0.2) is 0 Å². The number of hydroxylamine groups is 2. The Bertz CT molecular complexity index is 817. The number of rotatable bonds is 5. The first-order chi connectivity index (χ1) is 11.1. The highest BCUT2D eigenvalue weighted by atomic mass is 16.8. The quantitative estimate of drug-likeness (QED) is 0.549. The Kier molecular flexibility index (Phi) is 4.18. The van der Waals surface area contributed by atoms with Gasteiger partial charge in [-0.3, -0.25) is 20.2 Å². The van der Waals surface area contributed by atoms with Crippen LogP contribution in [0.2, 0.25) is 0 Å². The molecule has 0 bridgehead atoms. The molecule has 0 atom stereocenters. The van der Waals surface area contributed by atoms with E-state index in [2.05, 4.69) is 9.97 Å². The van der Waals surface area contributed by atoms with E-state index in [1.54, 1.807) is 30.6 Å². The van der Waals surface area contributed by atoms with Gasteiger partial charge in [-0.15, -0.1) is 0 Å². The van der Waals surface area contributed by atoms with Gasteiger partial charge >= 0.3 is 5.91 Å². The van der Waals surface area contributed by atoms with Gasteiger partial charge in [0.2, 0.25) is 0 Å². The number of carbonyl (C=O) groups is 1. The van der Waals surface area contributed by atoms with E-state index < -0.39 is 11.1 Å². The number of hydrogen-bond donors (Lipinski definition) is 2. The molecule has 3 aromatic rings. The number of hydrogen-bond acceptors (Lipinski definition) is 6. The molecular weight excluding hydrogens is 300 g/mol. The Morgan fingerprint density at radius 1 is 1.17 bits per heavy atom. The van der Waals surface area contributed by atoms with Crippen LogP contribution >= 0.6 is 0 Å². The van der Waals surface area contributed by atoms with Crippen molar-refractivity contribution in [1.29, 1.82) is 0 Å². The standard InChI is InChI=1S/C15H14N4O4/c20-15(19(21)22)13-2-1-11-5-8-18(14(11)17-13)9-10-23-12-3-6-16-7-4-12/h1-8,21-22H,9-10H2. The Labute approximate surface area is 131 Å². The molecule has 8 nitrogen and oxygen atoms in total. The van der Waals surface area contributed by atoms with Crippen molar-refractivity contribution < 1.29 is 19.9 Å². The lowest BCUT2D eigenvalue weighted by Crippen LogP contribution is -2.24. The molecule has 0 fully saturated rings. The van der Waals surface area contributed by atoms with Crippen LogP contribution in [-0.2, 0) is 6.54 Å². The van der Waals surface area contributed by atoms with Crippen LogP contribution in [0.3, 0.4) is 0 Å². The minimum Gasteiger partial charge on any atom is -0.492 e. The summed E-state index contributed by atoms with van der Waals surface area (Å²) >= 11 is 0. The summed E-state index contributed by atoms with van der Waals surface area (Å²) in [6, 6.07) is 8.51. The first-order valence-electron chi connectivity index (χ1n) is 6.86. The predicted octanol–water partition coefficient (Wildman–Crippen LogP) is 1.73. The molecule has 0 aliphatic carbocycles. The third kappa shape index (κ3) is 3.28. The maximum atomic E-state index is 11.5. The van der Waals surface area contributed by atoms with Crippen LogP contribution in [0.1, 0.15) is 10.5 Å². The lowest BCUT2D eigenvalue weighted by molar-refractivity contribution is -0.260. The Balaban J connectivity index is 1.75. The number of amides is 1. The van der Waals surface area contributed by atoms with E-state index in [9.17, 15) is 4.79 Å². The summed E-state index contributed by atoms with van der Waals surface area (Å²) in [6.45, 7) is 0.943. The summed E-state index contributed by atoms with van der Waals surface area (Å²) in [6.07, 6.45) is 5.13. The van der Waals surface area contributed by atoms with Crippen LogP contribution in [0.25, 0.3) is 11.0 Å². The predicted molar refractivity (Wildman–Crippen MR) is 79.2 cm³/mol. The summed E-state index contributed by atoms with van der Waals surface area (Å²) in [5.41, 5.74) is 0.508. The van der Waals surface area contributed by atoms with Crippen molar-refractivity contribution in [3.8, 4) is 5.75 Å². The lowest BCUT2D eigenvalue weighted by Gasteiger charge is -2.09. The maximum absolute atomic E-state index is 11.5. The average molecular weight is 314 g/mol. The van der Waals surface area contributed by atoms with E-state index in [1.807, 2.05) is 16.8 Å². The zero-order chi connectivity index (χ0) is 16.2. The number of ether oxygens (including phenoxy) is 1. The first-order valence-corrected chi connectivity index (χ1v) is 6.86. The van der Waals surface area contributed by atoms with Crippen LogP contribution in [0.5, 0.6) is 5.75 Å². The second-order valence-electron chi connectivity index (χ2n) is 4.74. The fourth-order valence-electron chi connectivity index (χ4n) is 2.16. The summed E-state index contributed by atoms with van der Waals surface area (Å²) in [4.78, 5) is 19.6. The largest absolute Gasteiger partial charge is 0.492 e. The molecule has 0 unspecified atom stereocenters. The van der Waals surface area contributed by atoms with Crippen LogP contribution in [0.4, 0.5) is 0 Å². The second kappa shape index (κ2) is 6.42. The Morgan fingerprint density at radius 2 is 1.96 bits per heavy atom. The lowest BCUT2D eigenvalue weighted by atomic mass is 10.3. The number of nitrogens with zero attached hydrogens (tertiary/aromatic N) is 4. The number of carbonyl (C=O) groups excluding carboxylic acids is 1. The second-order valence-corrected chi connectivity index (χ2v) is 4.74. The number of pyridine rings is 2. The van der Waals surface area contributed by atoms with Crippen molar-refractivity contribution in [2.24, 2.45) is 0 Å². The van der Waals surface area contributed by atoms with Gasteiger partial charge in [-0.05, 0) is 30.3 Å². The zero-order valence-electron chi connectivity index (χ0n) is 12.0. The van der Waals surface area contributed by atoms with Gasteiger partial charge in [-0.1, -0.05) is 5.23 Å². The normalized spacial score (nSPS) is 10.7. The van der Waals surface area contributed by atoms with Gasteiger partial charge in [0.05, 0.1) is 6.54 Å². The molecule has 3 heterocycles. The molecule has 3 aromatic heterocycles. The average Bonchev–Trinajstić information content (AvgIpc) is 2.97. The van der Waals surface area contributed by atoms with E-state index in [0.29, 0.717) is 18.8 Å². The van der Waals surface area contributed by atoms with E-state index in [-0.39, 0.29) is 5.69 Å². The molecule has 2 N–H and O–H groups in total. The molecule has 1 amide bonds. The van der Waals surface area contributed by atoms with Gasteiger partial charge < -0.3 is 9.30 Å². The first kappa shape index (κ1) is 14.9. The fraction of sp³-hybridized carbons (Fsp3) is 0.133. The molecule has 0 aliphatic heterocycles. The Hall–Kier alpha value is -2.97. The monoisotopic (exact) mass is 314 g/mol. The van der Waals surface area contributed by atoms with Crippen LogP contribution in [0.15, 0.2) is 48.9 Å². The molecule has 23 heavy (non-hydrogen) atoms. The third-order valence-corrected chi connectivity index (χ3v) is 3.26. The molecule has 0 saturated carbocycles. The summed E-state index contributed by atoms with van der Waals surface area (Å²) < 4.78 is 7.43. The molecule has 0 aromatic carbocycles. The molecule has 0 saturated heterocycles. The molecule has 118 valence electrons. The van der Waals surface area contributed by atoms with Crippen molar-refractivity contribution in [3.05, 3.63) is 54.6 Å². The van der Waals surface area contributed by atoms with Gasteiger partial charge in [-0.25, -0.2) is 4.98 Å². The van der Waals surface area contributed by atoms with Crippen molar-refractivity contribution in [1.82, 2.24) is 19.8 Å². The molecule has 8 heteroatoms. The SMILES string of the molecule is O=C(c1ccc2ccn(CCOc3ccncc3)c2n1)N(O)O. The molecular formula is C15H14N4O4. The zero-order valence-corrected chi connectivity index (χ0v) is 12.0.